The SMILES string of the molecule is O=C1CC(S(=O)(=O)Cl)CN1c1c(Br)cccc1Br. The van der Waals surface area contributed by atoms with Crippen LogP contribution in [0.25, 0.3) is 0 Å². The third-order valence-electron chi connectivity index (χ3n) is 2.70. The first-order valence-corrected chi connectivity index (χ1v) is 8.94. The van der Waals surface area contributed by atoms with Crippen LogP contribution in [0.4, 0.5) is 5.69 Å². The second-order valence-corrected chi connectivity index (χ2v) is 8.49. The van der Waals surface area contributed by atoms with Crippen molar-refractivity contribution in [2.75, 3.05) is 11.4 Å². The lowest BCUT2D eigenvalue weighted by Crippen LogP contribution is -2.27. The lowest BCUT2D eigenvalue weighted by molar-refractivity contribution is -0.117. The van der Waals surface area contributed by atoms with Gasteiger partial charge in [0, 0.05) is 32.6 Å². The van der Waals surface area contributed by atoms with E-state index in [0.29, 0.717) is 5.69 Å². The third kappa shape index (κ3) is 2.74. The molecule has 0 saturated carbocycles. The average molecular weight is 418 g/mol. The Kier molecular flexibility index (Phi) is 4.06. The van der Waals surface area contributed by atoms with E-state index in [-0.39, 0.29) is 18.9 Å². The highest BCUT2D eigenvalue weighted by Gasteiger charge is 2.39. The first-order chi connectivity index (χ1) is 8.30. The van der Waals surface area contributed by atoms with Gasteiger partial charge in [-0.2, -0.15) is 0 Å². The molecule has 0 N–H and O–H groups in total. The molecule has 1 aromatic rings. The first-order valence-electron chi connectivity index (χ1n) is 4.98. The summed E-state index contributed by atoms with van der Waals surface area (Å²) in [5.74, 6) is -0.253. The van der Waals surface area contributed by atoms with Crippen LogP contribution in [0, 0.1) is 0 Å². The molecule has 2 rings (SSSR count). The fourth-order valence-corrected chi connectivity index (χ4v) is 4.28. The smallest absolute Gasteiger partial charge is 0.237 e. The van der Waals surface area contributed by atoms with Crippen LogP contribution in [0.2, 0.25) is 0 Å². The Labute approximate surface area is 126 Å². The minimum atomic E-state index is -3.72. The zero-order valence-corrected chi connectivity index (χ0v) is 13.7. The average Bonchev–Trinajstić information content (AvgIpc) is 2.60. The highest BCUT2D eigenvalue weighted by Crippen LogP contribution is 2.37. The van der Waals surface area contributed by atoms with Gasteiger partial charge in [-0.25, -0.2) is 8.42 Å². The zero-order valence-electron chi connectivity index (χ0n) is 8.94. The molecule has 1 saturated heterocycles. The number of carbonyl (C=O) groups excluding carboxylic acids is 1. The molecule has 8 heteroatoms. The first kappa shape index (κ1) is 14.3. The van der Waals surface area contributed by atoms with Crippen molar-refractivity contribution >= 4 is 63.2 Å². The molecule has 1 aromatic carbocycles. The number of benzene rings is 1. The van der Waals surface area contributed by atoms with Crippen molar-refractivity contribution in [1.82, 2.24) is 0 Å². The van der Waals surface area contributed by atoms with Crippen LogP contribution in [0.15, 0.2) is 27.1 Å². The molecule has 1 atom stereocenters. The summed E-state index contributed by atoms with van der Waals surface area (Å²) >= 11 is 6.70. The Bertz CT molecular complexity index is 585. The molecular weight excluding hydrogens is 409 g/mol. The highest BCUT2D eigenvalue weighted by molar-refractivity contribution is 9.11. The van der Waals surface area contributed by atoms with Gasteiger partial charge in [-0.1, -0.05) is 6.07 Å². The van der Waals surface area contributed by atoms with Crippen LogP contribution in [0.5, 0.6) is 0 Å². The van der Waals surface area contributed by atoms with Crippen molar-refractivity contribution in [3.63, 3.8) is 0 Å². The number of halogens is 3. The molecule has 0 bridgehead atoms. The summed E-state index contributed by atoms with van der Waals surface area (Å²) in [5, 5.41) is -0.856. The standard InChI is InChI=1S/C10H8Br2ClNO3S/c11-7-2-1-3-8(12)10(7)14-5-6(4-9(14)15)18(13,16)17/h1-3,6H,4-5H2. The summed E-state index contributed by atoms with van der Waals surface area (Å²) in [7, 11) is 1.58. The normalized spacial score (nSPS) is 20.5. The number of anilines is 1. The van der Waals surface area contributed by atoms with Crippen LogP contribution in [0.1, 0.15) is 6.42 Å². The van der Waals surface area contributed by atoms with Gasteiger partial charge in [0.2, 0.25) is 15.0 Å². The van der Waals surface area contributed by atoms with E-state index in [9.17, 15) is 13.2 Å². The number of hydrogen-bond acceptors (Lipinski definition) is 3. The Hall–Kier alpha value is -0.110. The topological polar surface area (TPSA) is 54.5 Å². The van der Waals surface area contributed by atoms with Crippen molar-refractivity contribution in [3.8, 4) is 0 Å². The summed E-state index contributed by atoms with van der Waals surface area (Å²) in [6, 6.07) is 5.39. The molecule has 1 heterocycles. The van der Waals surface area contributed by atoms with Gasteiger partial charge in [-0.05, 0) is 44.0 Å². The van der Waals surface area contributed by atoms with E-state index in [1.54, 1.807) is 12.1 Å². The van der Waals surface area contributed by atoms with E-state index >= 15 is 0 Å². The second kappa shape index (κ2) is 5.11. The zero-order chi connectivity index (χ0) is 13.5. The van der Waals surface area contributed by atoms with Crippen LogP contribution in [0.3, 0.4) is 0 Å². The van der Waals surface area contributed by atoms with E-state index in [2.05, 4.69) is 31.9 Å². The fourth-order valence-electron chi connectivity index (χ4n) is 1.83. The summed E-state index contributed by atoms with van der Waals surface area (Å²) < 4.78 is 24.0. The van der Waals surface area contributed by atoms with Crippen molar-refractivity contribution in [2.45, 2.75) is 11.7 Å². The van der Waals surface area contributed by atoms with Gasteiger partial charge in [-0.15, -0.1) is 0 Å². The fraction of sp³-hybridized carbons (Fsp3) is 0.300. The van der Waals surface area contributed by atoms with Crippen molar-refractivity contribution in [1.29, 1.82) is 0 Å². The number of para-hydroxylation sites is 1. The molecule has 0 aliphatic carbocycles. The summed E-state index contributed by atoms with van der Waals surface area (Å²) in [4.78, 5) is 13.3. The van der Waals surface area contributed by atoms with Crippen LogP contribution in [-0.4, -0.2) is 26.1 Å². The molecule has 1 aliphatic heterocycles. The predicted octanol–water partition coefficient (Wildman–Crippen LogP) is 2.89. The van der Waals surface area contributed by atoms with E-state index in [0.717, 1.165) is 8.95 Å². The maximum Gasteiger partial charge on any atom is 0.237 e. The molecule has 98 valence electrons. The molecule has 0 aromatic heterocycles. The summed E-state index contributed by atoms with van der Waals surface area (Å²) in [6.07, 6.45) is -0.0837. The Balaban J connectivity index is 2.39. The van der Waals surface area contributed by atoms with Crippen molar-refractivity contribution < 1.29 is 13.2 Å². The number of hydrogen-bond donors (Lipinski definition) is 0. The number of carbonyl (C=O) groups is 1. The Morgan fingerprint density at radius 3 is 2.28 bits per heavy atom. The molecular formula is C10H8Br2ClNO3S. The molecule has 1 unspecified atom stereocenters. The summed E-state index contributed by atoms with van der Waals surface area (Å²) in [5.41, 5.74) is 0.630. The van der Waals surface area contributed by atoms with Gasteiger partial charge in [0.05, 0.1) is 5.69 Å². The minimum Gasteiger partial charge on any atom is -0.309 e. The van der Waals surface area contributed by atoms with Crippen LogP contribution < -0.4 is 4.90 Å². The minimum absolute atomic E-state index is 0.0753. The predicted molar refractivity (Wildman–Crippen MR) is 77.4 cm³/mol. The Morgan fingerprint density at radius 1 is 1.28 bits per heavy atom. The molecule has 1 amide bonds. The second-order valence-electron chi connectivity index (χ2n) is 3.88. The van der Waals surface area contributed by atoms with Crippen LogP contribution >= 0.6 is 42.5 Å². The lowest BCUT2D eigenvalue weighted by Gasteiger charge is -2.19. The number of amides is 1. The molecule has 1 fully saturated rings. The monoisotopic (exact) mass is 415 g/mol. The molecule has 1 aliphatic rings. The highest BCUT2D eigenvalue weighted by atomic mass is 79.9. The molecule has 18 heavy (non-hydrogen) atoms. The largest absolute Gasteiger partial charge is 0.309 e. The number of nitrogens with zero attached hydrogens (tertiary/aromatic N) is 1. The van der Waals surface area contributed by atoms with Crippen LogP contribution in [-0.2, 0) is 13.8 Å². The molecule has 4 nitrogen and oxygen atoms in total. The number of rotatable bonds is 2. The quantitative estimate of drug-likeness (QED) is 0.696. The molecule has 0 spiro atoms. The van der Waals surface area contributed by atoms with Gasteiger partial charge in [0.1, 0.15) is 5.25 Å². The van der Waals surface area contributed by atoms with E-state index in [4.69, 9.17) is 10.7 Å². The summed E-state index contributed by atoms with van der Waals surface area (Å²) in [6.45, 7) is 0.0753. The third-order valence-corrected chi connectivity index (χ3v) is 5.84. The lowest BCUT2D eigenvalue weighted by atomic mass is 10.3. The maximum absolute atomic E-state index is 11.9. The van der Waals surface area contributed by atoms with E-state index in [1.165, 1.54) is 4.90 Å². The maximum atomic E-state index is 11.9. The van der Waals surface area contributed by atoms with Gasteiger partial charge in [-0.3, -0.25) is 4.79 Å². The van der Waals surface area contributed by atoms with Crippen molar-refractivity contribution in [2.24, 2.45) is 0 Å². The van der Waals surface area contributed by atoms with Gasteiger partial charge in [0.15, 0.2) is 0 Å². The van der Waals surface area contributed by atoms with Gasteiger partial charge < -0.3 is 4.90 Å². The Morgan fingerprint density at radius 2 is 1.83 bits per heavy atom. The van der Waals surface area contributed by atoms with Gasteiger partial charge >= 0.3 is 0 Å². The van der Waals surface area contributed by atoms with Crippen molar-refractivity contribution in [3.05, 3.63) is 27.1 Å². The molecule has 0 radical (unpaired) electrons. The van der Waals surface area contributed by atoms with E-state index in [1.807, 2.05) is 6.07 Å². The van der Waals surface area contributed by atoms with E-state index < -0.39 is 14.3 Å². The van der Waals surface area contributed by atoms with Gasteiger partial charge in [0.25, 0.3) is 0 Å².